The van der Waals surface area contributed by atoms with E-state index in [0.29, 0.717) is 11.4 Å². The molecule has 1 aromatic heterocycles. The van der Waals surface area contributed by atoms with Crippen molar-refractivity contribution in [3.05, 3.63) is 54.1 Å². The fourth-order valence-electron chi connectivity index (χ4n) is 1.57. The molecule has 0 radical (unpaired) electrons. The Kier molecular flexibility index (Phi) is 3.23. The first-order valence-electron chi connectivity index (χ1n) is 5.32. The third-order valence-corrected chi connectivity index (χ3v) is 2.58. The van der Waals surface area contributed by atoms with Gasteiger partial charge in [-0.3, -0.25) is 9.78 Å². The SMILES string of the molecule is CN(C(=O)c1cc(N)ccc1F)c1ccncc1. The second-order valence-electron chi connectivity index (χ2n) is 3.81. The minimum Gasteiger partial charge on any atom is -0.399 e. The maximum absolute atomic E-state index is 13.6. The van der Waals surface area contributed by atoms with Gasteiger partial charge in [0.2, 0.25) is 0 Å². The zero-order chi connectivity index (χ0) is 13.1. The number of anilines is 2. The highest BCUT2D eigenvalue weighted by molar-refractivity contribution is 6.06. The summed E-state index contributed by atoms with van der Waals surface area (Å²) in [5, 5.41) is 0. The van der Waals surface area contributed by atoms with E-state index in [9.17, 15) is 9.18 Å². The molecule has 0 aliphatic rings. The molecule has 2 N–H and O–H groups in total. The lowest BCUT2D eigenvalue weighted by atomic mass is 10.1. The molecular weight excluding hydrogens is 233 g/mol. The van der Waals surface area contributed by atoms with Gasteiger partial charge < -0.3 is 10.6 Å². The number of nitrogens with zero attached hydrogens (tertiary/aromatic N) is 2. The minimum absolute atomic E-state index is 0.0469. The molecular formula is C13H12FN3O. The van der Waals surface area contributed by atoms with Gasteiger partial charge >= 0.3 is 0 Å². The number of halogens is 1. The average molecular weight is 245 g/mol. The largest absolute Gasteiger partial charge is 0.399 e. The Balaban J connectivity index is 2.34. The highest BCUT2D eigenvalue weighted by Crippen LogP contribution is 2.18. The lowest BCUT2D eigenvalue weighted by molar-refractivity contribution is 0.0989. The van der Waals surface area contributed by atoms with Crippen molar-refractivity contribution < 1.29 is 9.18 Å². The van der Waals surface area contributed by atoms with Gasteiger partial charge in [-0.1, -0.05) is 0 Å². The zero-order valence-corrected chi connectivity index (χ0v) is 9.80. The summed E-state index contributed by atoms with van der Waals surface area (Å²) in [7, 11) is 1.57. The smallest absolute Gasteiger partial charge is 0.261 e. The Hall–Kier alpha value is -2.43. The van der Waals surface area contributed by atoms with Crippen molar-refractivity contribution in [2.24, 2.45) is 0 Å². The van der Waals surface area contributed by atoms with Crippen molar-refractivity contribution in [2.75, 3.05) is 17.7 Å². The number of rotatable bonds is 2. The lowest BCUT2D eigenvalue weighted by Crippen LogP contribution is -2.27. The van der Waals surface area contributed by atoms with Gasteiger partial charge in [0, 0.05) is 30.8 Å². The number of carbonyl (C=O) groups is 1. The van der Waals surface area contributed by atoms with Gasteiger partial charge in [0.15, 0.2) is 0 Å². The number of pyridine rings is 1. The Morgan fingerprint density at radius 3 is 2.61 bits per heavy atom. The van der Waals surface area contributed by atoms with E-state index in [-0.39, 0.29) is 5.56 Å². The van der Waals surface area contributed by atoms with Crippen molar-refractivity contribution in [2.45, 2.75) is 0 Å². The van der Waals surface area contributed by atoms with Crippen molar-refractivity contribution in [1.82, 2.24) is 4.98 Å². The van der Waals surface area contributed by atoms with Crippen LogP contribution in [0.2, 0.25) is 0 Å². The summed E-state index contributed by atoms with van der Waals surface area (Å²) in [6.45, 7) is 0. The molecule has 0 bridgehead atoms. The summed E-state index contributed by atoms with van der Waals surface area (Å²) in [4.78, 5) is 17.3. The highest BCUT2D eigenvalue weighted by atomic mass is 19.1. The van der Waals surface area contributed by atoms with Crippen LogP contribution in [-0.4, -0.2) is 17.9 Å². The average Bonchev–Trinajstić information content (AvgIpc) is 2.41. The lowest BCUT2D eigenvalue weighted by Gasteiger charge is -2.17. The quantitative estimate of drug-likeness (QED) is 0.824. The van der Waals surface area contributed by atoms with Crippen LogP contribution in [0.3, 0.4) is 0 Å². The van der Waals surface area contributed by atoms with Gasteiger partial charge in [0.05, 0.1) is 5.56 Å². The minimum atomic E-state index is -0.588. The van der Waals surface area contributed by atoms with E-state index in [2.05, 4.69) is 4.98 Å². The van der Waals surface area contributed by atoms with Gasteiger partial charge in [-0.25, -0.2) is 4.39 Å². The Morgan fingerprint density at radius 1 is 1.28 bits per heavy atom. The first kappa shape index (κ1) is 12.0. The van der Waals surface area contributed by atoms with E-state index >= 15 is 0 Å². The van der Waals surface area contributed by atoms with E-state index in [4.69, 9.17) is 5.73 Å². The van der Waals surface area contributed by atoms with Crippen LogP contribution in [-0.2, 0) is 0 Å². The van der Waals surface area contributed by atoms with Crippen molar-refractivity contribution in [3.63, 3.8) is 0 Å². The van der Waals surface area contributed by atoms with E-state index in [1.807, 2.05) is 0 Å². The van der Waals surface area contributed by atoms with Crippen LogP contribution in [0.4, 0.5) is 15.8 Å². The Morgan fingerprint density at radius 2 is 1.94 bits per heavy atom. The number of amides is 1. The molecule has 92 valence electrons. The number of hydrogen-bond acceptors (Lipinski definition) is 3. The third-order valence-electron chi connectivity index (χ3n) is 2.58. The molecule has 5 heteroatoms. The maximum Gasteiger partial charge on any atom is 0.261 e. The van der Waals surface area contributed by atoms with Crippen LogP contribution in [0.15, 0.2) is 42.7 Å². The van der Waals surface area contributed by atoms with Crippen LogP contribution in [0.25, 0.3) is 0 Å². The molecule has 18 heavy (non-hydrogen) atoms. The summed E-state index contributed by atoms with van der Waals surface area (Å²) < 4.78 is 13.6. The molecule has 0 atom stereocenters. The second kappa shape index (κ2) is 4.83. The zero-order valence-electron chi connectivity index (χ0n) is 9.80. The molecule has 0 saturated heterocycles. The molecule has 1 heterocycles. The summed E-state index contributed by atoms with van der Waals surface area (Å²) in [6, 6.07) is 7.26. The number of benzene rings is 1. The number of nitrogen functional groups attached to an aromatic ring is 1. The van der Waals surface area contributed by atoms with E-state index < -0.39 is 11.7 Å². The van der Waals surface area contributed by atoms with E-state index in [1.54, 1.807) is 31.6 Å². The Labute approximate surface area is 104 Å². The highest BCUT2D eigenvalue weighted by Gasteiger charge is 2.17. The summed E-state index contributed by atoms with van der Waals surface area (Å²) in [5.74, 6) is -1.04. The normalized spacial score (nSPS) is 10.1. The molecule has 4 nitrogen and oxygen atoms in total. The molecule has 0 aliphatic carbocycles. The molecule has 2 rings (SSSR count). The number of hydrogen-bond donors (Lipinski definition) is 1. The predicted octanol–water partition coefficient (Wildman–Crippen LogP) is 2.08. The van der Waals surface area contributed by atoms with Gasteiger partial charge in [-0.2, -0.15) is 0 Å². The monoisotopic (exact) mass is 245 g/mol. The number of aromatic nitrogens is 1. The third kappa shape index (κ3) is 2.29. The van der Waals surface area contributed by atoms with Gasteiger partial charge in [-0.15, -0.1) is 0 Å². The fraction of sp³-hybridized carbons (Fsp3) is 0.0769. The molecule has 1 amide bonds. The summed E-state index contributed by atoms with van der Waals surface area (Å²) >= 11 is 0. The fourth-order valence-corrected chi connectivity index (χ4v) is 1.57. The number of nitrogens with two attached hydrogens (primary N) is 1. The topological polar surface area (TPSA) is 59.2 Å². The van der Waals surface area contributed by atoms with Gasteiger partial charge in [-0.05, 0) is 30.3 Å². The molecule has 0 spiro atoms. The molecule has 0 unspecified atom stereocenters. The first-order chi connectivity index (χ1) is 8.59. The molecule has 0 fully saturated rings. The standard InChI is InChI=1S/C13H12FN3O/c1-17(10-4-6-16-7-5-10)13(18)11-8-9(15)2-3-12(11)14/h2-8H,15H2,1H3. The van der Waals surface area contributed by atoms with Gasteiger partial charge in [0.25, 0.3) is 5.91 Å². The molecule has 0 saturated carbocycles. The van der Waals surface area contributed by atoms with E-state index in [1.165, 1.54) is 23.1 Å². The molecule has 0 aliphatic heterocycles. The maximum atomic E-state index is 13.6. The Bertz CT molecular complexity index is 572. The number of carbonyl (C=O) groups excluding carboxylic acids is 1. The van der Waals surface area contributed by atoms with Crippen molar-refractivity contribution in [3.8, 4) is 0 Å². The van der Waals surface area contributed by atoms with Crippen LogP contribution in [0.5, 0.6) is 0 Å². The van der Waals surface area contributed by atoms with Crippen LogP contribution >= 0.6 is 0 Å². The predicted molar refractivity (Wildman–Crippen MR) is 67.8 cm³/mol. The first-order valence-corrected chi connectivity index (χ1v) is 5.32. The van der Waals surface area contributed by atoms with Crippen LogP contribution < -0.4 is 10.6 Å². The van der Waals surface area contributed by atoms with Crippen molar-refractivity contribution >= 4 is 17.3 Å². The van der Waals surface area contributed by atoms with Crippen LogP contribution in [0.1, 0.15) is 10.4 Å². The van der Waals surface area contributed by atoms with Crippen molar-refractivity contribution in [1.29, 1.82) is 0 Å². The molecule has 2 aromatic rings. The van der Waals surface area contributed by atoms with Crippen LogP contribution in [0, 0.1) is 5.82 Å². The molecule has 1 aromatic carbocycles. The summed E-state index contributed by atoms with van der Waals surface area (Å²) in [5.41, 5.74) is 6.50. The van der Waals surface area contributed by atoms with Gasteiger partial charge in [0.1, 0.15) is 5.82 Å². The second-order valence-corrected chi connectivity index (χ2v) is 3.81. The summed E-state index contributed by atoms with van der Waals surface area (Å²) in [6.07, 6.45) is 3.13. The van der Waals surface area contributed by atoms with E-state index in [0.717, 1.165) is 0 Å².